The summed E-state index contributed by atoms with van der Waals surface area (Å²) in [6.07, 6.45) is -2.82. The number of carbonyl (C=O) groups is 6. The van der Waals surface area contributed by atoms with Gasteiger partial charge in [-0.1, -0.05) is 95.9 Å². The van der Waals surface area contributed by atoms with Crippen LogP contribution in [0.2, 0.25) is 0 Å². The zero-order valence-corrected chi connectivity index (χ0v) is 31.4. The molecule has 0 aromatic carbocycles. The molecule has 1 heterocycles. The second-order valence-electron chi connectivity index (χ2n) is 14.5. The first-order valence-corrected chi connectivity index (χ1v) is 17.1. The molecule has 0 aromatic heterocycles. The van der Waals surface area contributed by atoms with Crippen molar-refractivity contribution in [3.8, 4) is 0 Å². The lowest BCUT2D eigenvalue weighted by Crippen LogP contribution is -2.58. The van der Waals surface area contributed by atoms with Crippen molar-refractivity contribution in [1.82, 2.24) is 14.7 Å². The Kier molecular flexibility index (Phi) is 15.9. The smallest absolute Gasteiger partial charge is 0.329 e. The lowest BCUT2D eigenvalue weighted by atomic mass is 9.94. The molecule has 1 aliphatic heterocycles. The molecule has 47 heavy (non-hydrogen) atoms. The van der Waals surface area contributed by atoms with E-state index in [0.29, 0.717) is 12.8 Å². The lowest BCUT2D eigenvalue weighted by Gasteiger charge is -2.39. The summed E-state index contributed by atoms with van der Waals surface area (Å²) in [4.78, 5) is 87.3. The fraction of sp³-hybridized carbons (Fsp3) is 0.829. The van der Waals surface area contributed by atoms with Crippen LogP contribution in [-0.2, 0) is 43.0 Å². The minimum Gasteiger partial charge on any atom is -0.450 e. The van der Waals surface area contributed by atoms with Gasteiger partial charge in [0.2, 0.25) is 0 Å². The molecule has 1 saturated heterocycles. The second-order valence-corrected chi connectivity index (χ2v) is 14.5. The summed E-state index contributed by atoms with van der Waals surface area (Å²) in [6.45, 7) is 21.1. The van der Waals surface area contributed by atoms with E-state index in [1.165, 1.54) is 35.8 Å². The van der Waals surface area contributed by atoms with Crippen molar-refractivity contribution in [3.05, 3.63) is 0 Å². The second kappa shape index (κ2) is 17.8. The van der Waals surface area contributed by atoms with Crippen molar-refractivity contribution < 1.29 is 43.0 Å². The third-order valence-electron chi connectivity index (χ3n) is 9.29. The number of hydrogen-bond donors (Lipinski definition) is 0. The Hall–Kier alpha value is -3.18. The first kappa shape index (κ1) is 41.8. The maximum absolute atomic E-state index is 14.0. The van der Waals surface area contributed by atoms with Gasteiger partial charge >= 0.3 is 17.9 Å². The van der Waals surface area contributed by atoms with Crippen LogP contribution in [0, 0.1) is 35.5 Å². The average Bonchev–Trinajstić information content (AvgIpc) is 2.98. The molecule has 0 N–H and O–H groups in total. The number of ether oxygens (including phenoxy) is 3. The highest BCUT2D eigenvalue weighted by molar-refractivity contribution is 5.94. The standard InChI is InChI=1S/C35H61N3O9/c1-16-22(11)25-34(43)46-27(19(5)6)30(39)36(13)24(18(3)4)33(42)45-28(20(7)8)31(40)37(14)26(23(12)17-2)35(44)47-29(21(9)10)32(41)38(25)15/h18-29H,16-17H2,1-15H3/t22-,23-,24-,25-,26-,27+,28+,29+/m0/s1. The van der Waals surface area contributed by atoms with Crippen molar-refractivity contribution in [3.63, 3.8) is 0 Å². The first-order chi connectivity index (χ1) is 21.6. The number of carbonyl (C=O) groups excluding carboxylic acids is 6. The topological polar surface area (TPSA) is 140 Å². The van der Waals surface area contributed by atoms with Crippen molar-refractivity contribution in [1.29, 1.82) is 0 Å². The van der Waals surface area contributed by atoms with Gasteiger partial charge in [0, 0.05) is 21.1 Å². The van der Waals surface area contributed by atoms with Gasteiger partial charge in [0.25, 0.3) is 17.7 Å². The fourth-order valence-corrected chi connectivity index (χ4v) is 5.88. The fourth-order valence-electron chi connectivity index (χ4n) is 5.88. The number of cyclic esters (lactones) is 3. The van der Waals surface area contributed by atoms with Gasteiger partial charge in [-0.15, -0.1) is 0 Å². The number of hydrogen-bond acceptors (Lipinski definition) is 9. The maximum atomic E-state index is 14.0. The van der Waals surface area contributed by atoms with Gasteiger partial charge in [0.1, 0.15) is 18.1 Å². The van der Waals surface area contributed by atoms with Crippen LogP contribution in [0.3, 0.4) is 0 Å². The molecule has 12 nitrogen and oxygen atoms in total. The van der Waals surface area contributed by atoms with E-state index in [1.807, 2.05) is 13.8 Å². The zero-order chi connectivity index (χ0) is 36.7. The van der Waals surface area contributed by atoms with Crippen molar-refractivity contribution in [2.24, 2.45) is 35.5 Å². The molecule has 0 aliphatic carbocycles. The highest BCUT2D eigenvalue weighted by Gasteiger charge is 2.45. The molecule has 0 aromatic rings. The predicted octanol–water partition coefficient (Wildman–Crippen LogP) is 3.93. The molecule has 12 heteroatoms. The van der Waals surface area contributed by atoms with Crippen LogP contribution >= 0.6 is 0 Å². The summed E-state index contributed by atoms with van der Waals surface area (Å²) >= 11 is 0. The zero-order valence-electron chi connectivity index (χ0n) is 31.4. The van der Waals surface area contributed by atoms with Crippen LogP contribution in [-0.4, -0.2) is 108 Å². The molecule has 0 spiro atoms. The molecular weight excluding hydrogens is 606 g/mol. The summed E-state index contributed by atoms with van der Waals surface area (Å²) in [5.41, 5.74) is 0. The van der Waals surface area contributed by atoms with Crippen molar-refractivity contribution in [2.75, 3.05) is 21.1 Å². The van der Waals surface area contributed by atoms with Gasteiger partial charge in [-0.2, -0.15) is 0 Å². The SMILES string of the molecule is CC[C@H](C)[C@H]1C(=O)O[C@H](C(C)C)C(=O)N(C)[C@@H]([C@@H](C)CC)C(=O)O[C@H](C(C)C)C(=O)N(C)[C@@H](C(C)C)C(=O)O[C@H](C(C)C)C(=O)N1C. The Labute approximate surface area is 282 Å². The van der Waals surface area contributed by atoms with Crippen LogP contribution in [0.25, 0.3) is 0 Å². The van der Waals surface area contributed by atoms with Crippen molar-refractivity contribution in [2.45, 2.75) is 132 Å². The molecule has 270 valence electrons. The maximum Gasteiger partial charge on any atom is 0.329 e. The van der Waals surface area contributed by atoms with Crippen molar-refractivity contribution >= 4 is 35.6 Å². The molecule has 0 unspecified atom stereocenters. The van der Waals surface area contributed by atoms with Gasteiger partial charge in [-0.25, -0.2) is 14.4 Å². The van der Waals surface area contributed by atoms with Gasteiger partial charge in [-0.3, -0.25) is 14.4 Å². The Morgan fingerprint density at radius 1 is 0.447 bits per heavy atom. The van der Waals surface area contributed by atoms with E-state index in [1.54, 1.807) is 69.2 Å². The molecule has 1 fully saturated rings. The molecule has 1 rings (SSSR count). The average molecular weight is 668 g/mol. The Morgan fingerprint density at radius 2 is 0.681 bits per heavy atom. The number of rotatable bonds is 8. The quantitative estimate of drug-likeness (QED) is 0.278. The van der Waals surface area contributed by atoms with Gasteiger partial charge in [-0.05, 0) is 35.5 Å². The van der Waals surface area contributed by atoms with Crippen LogP contribution in [0.4, 0.5) is 0 Å². The monoisotopic (exact) mass is 667 g/mol. The summed E-state index contributed by atoms with van der Waals surface area (Å²) in [5, 5.41) is 0. The van der Waals surface area contributed by atoms with E-state index in [2.05, 4.69) is 0 Å². The minimum atomic E-state index is -1.28. The first-order valence-electron chi connectivity index (χ1n) is 17.1. The lowest BCUT2D eigenvalue weighted by molar-refractivity contribution is -0.182. The summed E-state index contributed by atoms with van der Waals surface area (Å²) in [6, 6.07) is -3.31. The van der Waals surface area contributed by atoms with Gasteiger partial charge in [0.05, 0.1) is 0 Å². The summed E-state index contributed by atoms with van der Waals surface area (Å²) in [5.74, 6) is -6.82. The Bertz CT molecular complexity index is 1110. The molecule has 8 atom stereocenters. The molecule has 0 bridgehead atoms. The van der Waals surface area contributed by atoms with Crippen LogP contribution < -0.4 is 0 Å². The van der Waals surface area contributed by atoms with Crippen LogP contribution in [0.15, 0.2) is 0 Å². The summed E-state index contributed by atoms with van der Waals surface area (Å²) < 4.78 is 17.6. The van der Waals surface area contributed by atoms with Gasteiger partial charge < -0.3 is 28.9 Å². The number of amides is 3. The predicted molar refractivity (Wildman–Crippen MR) is 178 cm³/mol. The highest BCUT2D eigenvalue weighted by atomic mass is 16.6. The van der Waals surface area contributed by atoms with Crippen LogP contribution in [0.5, 0.6) is 0 Å². The molecule has 1 aliphatic rings. The molecule has 0 saturated carbocycles. The highest BCUT2D eigenvalue weighted by Crippen LogP contribution is 2.26. The minimum absolute atomic E-state index is 0.380. The third-order valence-corrected chi connectivity index (χ3v) is 9.29. The Morgan fingerprint density at radius 3 is 0.894 bits per heavy atom. The van der Waals surface area contributed by atoms with Crippen LogP contribution in [0.1, 0.15) is 95.9 Å². The largest absolute Gasteiger partial charge is 0.450 e. The van der Waals surface area contributed by atoms with E-state index in [9.17, 15) is 28.8 Å². The molecule has 3 amide bonds. The van der Waals surface area contributed by atoms with Gasteiger partial charge in [0.15, 0.2) is 18.3 Å². The molecular formula is C35H61N3O9. The van der Waals surface area contributed by atoms with E-state index in [0.717, 1.165) is 0 Å². The van der Waals surface area contributed by atoms with E-state index in [-0.39, 0.29) is 11.8 Å². The number of esters is 3. The summed E-state index contributed by atoms with van der Waals surface area (Å²) in [7, 11) is 4.36. The number of likely N-dealkylation sites (N-methyl/N-ethyl adjacent to an activating group) is 3. The van der Waals surface area contributed by atoms with E-state index >= 15 is 0 Å². The number of nitrogens with zero attached hydrogens (tertiary/aromatic N) is 3. The normalized spacial score (nSPS) is 28.0. The van der Waals surface area contributed by atoms with E-state index in [4.69, 9.17) is 14.2 Å². The van der Waals surface area contributed by atoms with E-state index < -0.39 is 95.7 Å². The molecule has 0 radical (unpaired) electrons. The third kappa shape index (κ3) is 9.92. The Balaban J connectivity index is 4.00.